The summed E-state index contributed by atoms with van der Waals surface area (Å²) in [6, 6.07) is 4.61. The summed E-state index contributed by atoms with van der Waals surface area (Å²) < 4.78 is 7.03. The van der Waals surface area contributed by atoms with Crippen LogP contribution in [0, 0.1) is 13.8 Å². The van der Waals surface area contributed by atoms with Crippen molar-refractivity contribution >= 4 is 17.4 Å². The first-order valence-electron chi connectivity index (χ1n) is 10.4. The average molecular weight is 425 g/mol. The molecule has 0 unspecified atom stereocenters. The molecule has 9 nitrogen and oxygen atoms in total. The molecule has 2 aromatic rings. The number of likely N-dealkylation sites (tertiary alicyclic amines) is 1. The van der Waals surface area contributed by atoms with Crippen molar-refractivity contribution < 1.29 is 19.4 Å². The molecule has 2 fully saturated rings. The van der Waals surface area contributed by atoms with Crippen molar-refractivity contribution in [2.75, 3.05) is 39.4 Å². The first-order chi connectivity index (χ1) is 14.9. The van der Waals surface area contributed by atoms with Crippen LogP contribution in [0.5, 0.6) is 0 Å². The molecule has 1 atom stereocenters. The number of pyridine rings is 1. The van der Waals surface area contributed by atoms with Gasteiger partial charge in [0.15, 0.2) is 0 Å². The van der Waals surface area contributed by atoms with Crippen LogP contribution < -0.4 is 0 Å². The fourth-order valence-electron chi connectivity index (χ4n) is 4.28. The summed E-state index contributed by atoms with van der Waals surface area (Å²) in [6.07, 6.45) is 1.62. The van der Waals surface area contributed by atoms with E-state index >= 15 is 0 Å². The van der Waals surface area contributed by atoms with E-state index in [1.54, 1.807) is 37.0 Å². The zero-order valence-corrected chi connectivity index (χ0v) is 18.0. The number of rotatable bonds is 5. The van der Waals surface area contributed by atoms with Gasteiger partial charge in [0, 0.05) is 45.1 Å². The monoisotopic (exact) mass is 425 g/mol. The fourth-order valence-corrected chi connectivity index (χ4v) is 4.28. The lowest BCUT2D eigenvalue weighted by Gasteiger charge is -2.30. The van der Waals surface area contributed by atoms with Crippen molar-refractivity contribution in [2.45, 2.75) is 19.9 Å². The number of Topliss-reactive ketones (excluding diaryl/α,β-unsaturated/α-hetero) is 1. The molecule has 4 heterocycles. The molecule has 0 bridgehead atoms. The van der Waals surface area contributed by atoms with Gasteiger partial charge >= 0.3 is 0 Å². The van der Waals surface area contributed by atoms with Crippen LogP contribution in [-0.4, -0.2) is 80.8 Å². The number of ketones is 1. The van der Waals surface area contributed by atoms with Crippen molar-refractivity contribution in [1.29, 1.82) is 0 Å². The predicted octanol–water partition coefficient (Wildman–Crippen LogP) is 1.19. The van der Waals surface area contributed by atoms with E-state index in [-0.39, 0.29) is 11.3 Å². The second kappa shape index (κ2) is 8.60. The van der Waals surface area contributed by atoms with Gasteiger partial charge < -0.3 is 14.7 Å². The van der Waals surface area contributed by atoms with Gasteiger partial charge in [-0.15, -0.1) is 0 Å². The number of ether oxygens (including phenoxy) is 1. The van der Waals surface area contributed by atoms with Crippen molar-refractivity contribution in [3.8, 4) is 0 Å². The molecule has 2 aliphatic rings. The summed E-state index contributed by atoms with van der Waals surface area (Å²) in [5.41, 5.74) is 2.40. The maximum Gasteiger partial charge on any atom is 0.295 e. The molecule has 4 rings (SSSR count). The van der Waals surface area contributed by atoms with Gasteiger partial charge in [0.05, 0.1) is 35.7 Å². The minimum atomic E-state index is -0.749. The summed E-state index contributed by atoms with van der Waals surface area (Å²) in [4.78, 5) is 34.2. The molecule has 2 saturated heterocycles. The van der Waals surface area contributed by atoms with Crippen LogP contribution in [0.4, 0.5) is 0 Å². The van der Waals surface area contributed by atoms with Gasteiger partial charge in [-0.05, 0) is 26.0 Å². The lowest BCUT2D eigenvalue weighted by atomic mass is 9.97. The summed E-state index contributed by atoms with van der Waals surface area (Å²) in [5.74, 6) is -1.52. The molecule has 2 aliphatic heterocycles. The predicted molar refractivity (Wildman–Crippen MR) is 113 cm³/mol. The third kappa shape index (κ3) is 3.86. The second-order valence-electron chi connectivity index (χ2n) is 7.87. The topological polar surface area (TPSA) is 101 Å². The number of amides is 1. The van der Waals surface area contributed by atoms with Crippen molar-refractivity contribution in [1.82, 2.24) is 24.6 Å². The van der Waals surface area contributed by atoms with Crippen molar-refractivity contribution in [2.24, 2.45) is 7.05 Å². The molecule has 9 heteroatoms. The summed E-state index contributed by atoms with van der Waals surface area (Å²) in [6.45, 7) is 7.44. The molecule has 31 heavy (non-hydrogen) atoms. The highest BCUT2D eigenvalue weighted by Gasteiger charge is 2.47. The number of hydrogen-bond donors (Lipinski definition) is 1. The zero-order chi connectivity index (χ0) is 22.1. The molecule has 2 aromatic heterocycles. The number of aliphatic hydroxyl groups excluding tert-OH is 1. The van der Waals surface area contributed by atoms with Crippen LogP contribution >= 0.6 is 0 Å². The quantitative estimate of drug-likeness (QED) is 0.436. The number of carbonyl (C=O) groups is 2. The second-order valence-corrected chi connectivity index (χ2v) is 7.87. The van der Waals surface area contributed by atoms with Gasteiger partial charge in [0.2, 0.25) is 0 Å². The number of nitrogens with zero attached hydrogens (tertiary/aromatic N) is 5. The Labute approximate surface area is 180 Å². The Morgan fingerprint density at radius 1 is 1.19 bits per heavy atom. The van der Waals surface area contributed by atoms with E-state index in [1.165, 1.54) is 4.90 Å². The first-order valence-corrected chi connectivity index (χ1v) is 10.4. The molecule has 0 spiro atoms. The van der Waals surface area contributed by atoms with Crippen molar-refractivity contribution in [3.63, 3.8) is 0 Å². The van der Waals surface area contributed by atoms with Crippen LogP contribution in [0.2, 0.25) is 0 Å². The van der Waals surface area contributed by atoms with Gasteiger partial charge in [0.1, 0.15) is 11.8 Å². The van der Waals surface area contributed by atoms with Gasteiger partial charge in [-0.25, -0.2) is 0 Å². The van der Waals surface area contributed by atoms with E-state index in [0.29, 0.717) is 48.9 Å². The summed E-state index contributed by atoms with van der Waals surface area (Å²) in [5, 5.41) is 15.6. The van der Waals surface area contributed by atoms with Gasteiger partial charge in [-0.3, -0.25) is 24.2 Å². The highest BCUT2D eigenvalue weighted by molar-refractivity contribution is 6.46. The Balaban J connectivity index is 1.76. The number of aliphatic hydroxyl groups is 1. The van der Waals surface area contributed by atoms with E-state index in [2.05, 4.69) is 15.0 Å². The largest absolute Gasteiger partial charge is 0.507 e. The van der Waals surface area contributed by atoms with E-state index < -0.39 is 17.7 Å². The van der Waals surface area contributed by atoms with Crippen LogP contribution in [0.15, 0.2) is 30.0 Å². The molecule has 0 saturated carbocycles. The van der Waals surface area contributed by atoms with E-state index in [0.717, 1.165) is 13.1 Å². The molecular weight excluding hydrogens is 398 g/mol. The van der Waals surface area contributed by atoms with Gasteiger partial charge in [-0.1, -0.05) is 6.07 Å². The van der Waals surface area contributed by atoms with Crippen LogP contribution in [0.1, 0.15) is 28.7 Å². The zero-order valence-electron chi connectivity index (χ0n) is 18.0. The number of carbonyl (C=O) groups excluding carboxylic acids is 2. The molecule has 164 valence electrons. The highest BCUT2D eigenvalue weighted by atomic mass is 16.5. The minimum Gasteiger partial charge on any atom is -0.507 e. The number of aryl methyl sites for hydroxylation is 2. The smallest absolute Gasteiger partial charge is 0.295 e. The average Bonchev–Trinajstić information content (AvgIpc) is 3.18. The molecule has 0 aromatic carbocycles. The van der Waals surface area contributed by atoms with E-state index in [1.807, 2.05) is 13.0 Å². The maximum absolute atomic E-state index is 13.1. The lowest BCUT2D eigenvalue weighted by Crippen LogP contribution is -2.42. The van der Waals surface area contributed by atoms with Gasteiger partial charge in [-0.2, -0.15) is 5.10 Å². The Morgan fingerprint density at radius 2 is 1.94 bits per heavy atom. The SMILES string of the molecule is Cc1nn(C)c(C)c1/C(O)=C1\C(=O)C(=O)N(CCN2CCOCC2)[C@H]1c1ccccn1. The molecule has 0 aliphatic carbocycles. The Kier molecular flexibility index (Phi) is 5.88. The number of morpholine rings is 1. The molecule has 1 amide bonds. The van der Waals surface area contributed by atoms with Crippen molar-refractivity contribution in [3.05, 3.63) is 52.6 Å². The third-order valence-electron chi connectivity index (χ3n) is 6.01. The summed E-state index contributed by atoms with van der Waals surface area (Å²) >= 11 is 0. The van der Waals surface area contributed by atoms with E-state index in [4.69, 9.17) is 4.74 Å². The molecular formula is C22H27N5O4. The normalized spacial score (nSPS) is 21.8. The fraction of sp³-hybridized carbons (Fsp3) is 0.455. The third-order valence-corrected chi connectivity index (χ3v) is 6.01. The highest BCUT2D eigenvalue weighted by Crippen LogP contribution is 2.39. The number of aromatic nitrogens is 3. The number of hydrogen-bond acceptors (Lipinski definition) is 7. The standard InChI is InChI=1S/C22H27N5O4/c1-14-17(15(2)25(3)24-14)20(28)18-19(16-6-4-5-7-23-16)27(22(30)21(18)29)9-8-26-10-12-31-13-11-26/h4-7,19,28H,8-13H2,1-3H3/b20-18+/t19-/m0/s1. The molecule has 0 radical (unpaired) electrons. The van der Waals surface area contributed by atoms with E-state index in [9.17, 15) is 14.7 Å². The van der Waals surface area contributed by atoms with Gasteiger partial charge in [0.25, 0.3) is 11.7 Å². The Morgan fingerprint density at radius 3 is 2.55 bits per heavy atom. The van der Waals surface area contributed by atoms with Crippen LogP contribution in [0.3, 0.4) is 0 Å². The van der Waals surface area contributed by atoms with Crippen LogP contribution in [-0.2, 0) is 21.4 Å². The Bertz CT molecular complexity index is 1020. The first kappa shape index (κ1) is 21.2. The Hall–Kier alpha value is -3.04. The lowest BCUT2D eigenvalue weighted by molar-refractivity contribution is -0.140. The summed E-state index contributed by atoms with van der Waals surface area (Å²) in [7, 11) is 1.77. The molecule has 1 N–H and O–H groups in total. The maximum atomic E-state index is 13.1. The minimum absolute atomic E-state index is 0.0601. The van der Waals surface area contributed by atoms with Crippen LogP contribution in [0.25, 0.3) is 5.76 Å².